The quantitative estimate of drug-likeness (QED) is 0.404. The molecule has 31 heavy (non-hydrogen) atoms. The molecule has 0 saturated carbocycles. The van der Waals surface area contributed by atoms with Crippen LogP contribution in [0.5, 0.6) is 0 Å². The molecular formula is C23H27N4O3S-. The van der Waals surface area contributed by atoms with Gasteiger partial charge in [-0.25, -0.2) is 0 Å². The average molecular weight is 440 g/mol. The van der Waals surface area contributed by atoms with Gasteiger partial charge in [-0.2, -0.15) is 0 Å². The van der Waals surface area contributed by atoms with Gasteiger partial charge in [0.05, 0.1) is 5.57 Å². The SMILES string of the molecule is CN.CN(C)CCCc1c(/C=C2\C(=O)Nc3ccc(S(=O)[O-])cc32)[nH]c2ccccc12. The summed E-state index contributed by atoms with van der Waals surface area (Å²) in [5.41, 5.74) is 9.27. The molecule has 1 aromatic heterocycles. The Morgan fingerprint density at radius 3 is 2.61 bits per heavy atom. The third-order valence-corrected chi connectivity index (χ3v) is 5.77. The first-order valence-electron chi connectivity index (χ1n) is 10.0. The molecule has 8 heteroatoms. The number of H-pyrrole nitrogens is 1. The van der Waals surface area contributed by atoms with E-state index in [-0.39, 0.29) is 10.8 Å². The molecule has 3 aromatic rings. The van der Waals surface area contributed by atoms with Gasteiger partial charge < -0.3 is 25.5 Å². The number of hydrogen-bond acceptors (Lipinski definition) is 5. The number of aryl methyl sites for hydroxylation is 1. The van der Waals surface area contributed by atoms with Crippen LogP contribution in [0.25, 0.3) is 22.6 Å². The van der Waals surface area contributed by atoms with E-state index >= 15 is 0 Å². The van der Waals surface area contributed by atoms with E-state index in [9.17, 15) is 13.6 Å². The first-order chi connectivity index (χ1) is 14.9. The zero-order valence-corrected chi connectivity index (χ0v) is 18.7. The van der Waals surface area contributed by atoms with E-state index in [0.717, 1.165) is 36.0 Å². The molecular weight excluding hydrogens is 412 g/mol. The van der Waals surface area contributed by atoms with E-state index in [1.54, 1.807) is 6.07 Å². The standard InChI is InChI=1S/C22H23N3O3S.CH5N/c1-25(2)11-5-7-16-15-6-3-4-8-19(15)23-21(16)13-18-17-12-14(29(27)28)9-10-20(17)24-22(18)26;1-2/h3-4,6,8-10,12-13,23H,5,7,11H2,1-2H3,(H,24,26)(H,27,28);2H2,1H3/p-1/b18-13-;. The van der Waals surface area contributed by atoms with Gasteiger partial charge >= 0.3 is 0 Å². The maximum atomic E-state index is 12.6. The van der Waals surface area contributed by atoms with Crippen molar-refractivity contribution in [1.82, 2.24) is 9.88 Å². The topological polar surface area (TPSA) is 114 Å². The van der Waals surface area contributed by atoms with Crippen LogP contribution >= 0.6 is 0 Å². The largest absolute Gasteiger partial charge is 0.768 e. The Labute approximate surface area is 184 Å². The van der Waals surface area contributed by atoms with Crippen molar-refractivity contribution in [3.8, 4) is 0 Å². The maximum absolute atomic E-state index is 12.6. The smallest absolute Gasteiger partial charge is 0.256 e. The fourth-order valence-electron chi connectivity index (χ4n) is 3.74. The van der Waals surface area contributed by atoms with Crippen molar-refractivity contribution in [1.29, 1.82) is 0 Å². The molecule has 0 radical (unpaired) electrons. The summed E-state index contributed by atoms with van der Waals surface area (Å²) in [5.74, 6) is -0.230. The minimum atomic E-state index is -2.35. The summed E-state index contributed by atoms with van der Waals surface area (Å²) < 4.78 is 22.7. The fraction of sp³-hybridized carbons (Fsp3) is 0.261. The number of amides is 1. The van der Waals surface area contributed by atoms with Gasteiger partial charge in [0.15, 0.2) is 0 Å². The van der Waals surface area contributed by atoms with Crippen molar-refractivity contribution >= 4 is 45.2 Å². The monoisotopic (exact) mass is 439 g/mol. The lowest BCUT2D eigenvalue weighted by atomic mass is 10.0. The molecule has 7 nitrogen and oxygen atoms in total. The number of benzene rings is 2. The average Bonchev–Trinajstić information content (AvgIpc) is 3.26. The number of carbonyl (C=O) groups excluding carboxylic acids is 1. The van der Waals surface area contributed by atoms with Crippen LogP contribution in [0.15, 0.2) is 47.4 Å². The zero-order chi connectivity index (χ0) is 22.5. The fourth-order valence-corrected chi connectivity index (χ4v) is 4.14. The highest BCUT2D eigenvalue weighted by atomic mass is 32.2. The predicted molar refractivity (Wildman–Crippen MR) is 125 cm³/mol. The molecule has 0 saturated heterocycles. The second kappa shape index (κ2) is 10.0. The number of aromatic amines is 1. The van der Waals surface area contributed by atoms with Crippen molar-refractivity contribution in [2.24, 2.45) is 5.73 Å². The molecule has 1 atom stereocenters. The summed E-state index contributed by atoms with van der Waals surface area (Å²) in [6.07, 6.45) is 3.71. The van der Waals surface area contributed by atoms with Crippen LogP contribution in [0.4, 0.5) is 5.69 Å². The van der Waals surface area contributed by atoms with E-state index < -0.39 is 11.1 Å². The van der Waals surface area contributed by atoms with Crippen LogP contribution in [0.2, 0.25) is 0 Å². The summed E-state index contributed by atoms with van der Waals surface area (Å²) in [7, 11) is 5.60. The van der Waals surface area contributed by atoms with Crippen LogP contribution in [-0.4, -0.2) is 52.2 Å². The number of rotatable bonds is 6. The van der Waals surface area contributed by atoms with E-state index in [1.807, 2.05) is 24.3 Å². The number of nitrogens with zero attached hydrogens (tertiary/aromatic N) is 1. The number of nitrogens with one attached hydrogen (secondary N) is 2. The Balaban J connectivity index is 0.00000132. The first kappa shape index (κ1) is 22.9. The highest BCUT2D eigenvalue weighted by molar-refractivity contribution is 7.79. The van der Waals surface area contributed by atoms with E-state index in [1.165, 1.54) is 24.7 Å². The molecule has 1 aliphatic heterocycles. The minimum Gasteiger partial charge on any atom is -0.768 e. The molecule has 0 bridgehead atoms. The summed E-state index contributed by atoms with van der Waals surface area (Å²) in [6.45, 7) is 0.970. The van der Waals surface area contributed by atoms with E-state index in [0.29, 0.717) is 16.8 Å². The molecule has 4 rings (SSSR count). The summed E-state index contributed by atoms with van der Waals surface area (Å²) in [6, 6.07) is 12.7. The normalized spacial score (nSPS) is 15.0. The number of anilines is 1. The van der Waals surface area contributed by atoms with Crippen LogP contribution in [-0.2, 0) is 22.3 Å². The zero-order valence-electron chi connectivity index (χ0n) is 17.9. The van der Waals surface area contributed by atoms with Crippen LogP contribution < -0.4 is 11.1 Å². The number of fused-ring (bicyclic) bond motifs is 2. The van der Waals surface area contributed by atoms with Crippen molar-refractivity contribution in [3.05, 3.63) is 59.3 Å². The van der Waals surface area contributed by atoms with Gasteiger partial charge in [0.25, 0.3) is 5.91 Å². The first-order valence-corrected chi connectivity index (χ1v) is 11.1. The van der Waals surface area contributed by atoms with E-state index in [2.05, 4.69) is 41.1 Å². The second-order valence-electron chi connectivity index (χ2n) is 7.42. The third-order valence-electron chi connectivity index (χ3n) is 5.13. The number of carbonyl (C=O) groups is 1. The van der Waals surface area contributed by atoms with Crippen molar-refractivity contribution in [2.75, 3.05) is 33.0 Å². The highest BCUT2D eigenvalue weighted by Gasteiger charge is 2.25. The van der Waals surface area contributed by atoms with Crippen LogP contribution in [0.3, 0.4) is 0 Å². The molecule has 1 amide bonds. The molecule has 2 aromatic carbocycles. The van der Waals surface area contributed by atoms with Gasteiger partial charge in [0.1, 0.15) is 0 Å². The van der Waals surface area contributed by atoms with Gasteiger partial charge in [0.2, 0.25) is 0 Å². The van der Waals surface area contributed by atoms with Gasteiger partial charge in [0, 0.05) is 32.7 Å². The molecule has 164 valence electrons. The molecule has 0 spiro atoms. The lowest BCUT2D eigenvalue weighted by Crippen LogP contribution is -2.13. The number of aromatic nitrogens is 1. The molecule has 0 aliphatic carbocycles. The van der Waals surface area contributed by atoms with Gasteiger partial charge in [-0.15, -0.1) is 0 Å². The maximum Gasteiger partial charge on any atom is 0.256 e. The van der Waals surface area contributed by atoms with Gasteiger partial charge in [-0.05, 0) is 87.5 Å². The van der Waals surface area contributed by atoms with Crippen molar-refractivity contribution in [3.63, 3.8) is 0 Å². The van der Waals surface area contributed by atoms with Gasteiger partial charge in [-0.3, -0.25) is 9.00 Å². The Morgan fingerprint density at radius 1 is 1.16 bits per heavy atom. The Morgan fingerprint density at radius 2 is 1.90 bits per heavy atom. The van der Waals surface area contributed by atoms with Gasteiger partial charge in [-0.1, -0.05) is 18.2 Å². The number of para-hydroxylation sites is 1. The molecule has 1 aliphatic rings. The van der Waals surface area contributed by atoms with Crippen LogP contribution in [0, 0.1) is 0 Å². The van der Waals surface area contributed by atoms with Crippen molar-refractivity contribution < 1.29 is 13.6 Å². The van der Waals surface area contributed by atoms with Crippen molar-refractivity contribution in [2.45, 2.75) is 17.7 Å². The minimum absolute atomic E-state index is 0.161. The summed E-state index contributed by atoms with van der Waals surface area (Å²) in [4.78, 5) is 18.3. The molecule has 1 unspecified atom stereocenters. The van der Waals surface area contributed by atoms with Crippen LogP contribution in [0.1, 0.15) is 23.2 Å². The number of hydrogen-bond donors (Lipinski definition) is 3. The molecule has 0 fully saturated rings. The Kier molecular flexibility index (Phi) is 7.40. The van der Waals surface area contributed by atoms with E-state index in [4.69, 9.17) is 0 Å². The predicted octanol–water partition coefficient (Wildman–Crippen LogP) is 2.97. The lowest BCUT2D eigenvalue weighted by Gasteiger charge is -2.09. The summed E-state index contributed by atoms with van der Waals surface area (Å²) >= 11 is -2.35. The second-order valence-corrected chi connectivity index (χ2v) is 8.36. The highest BCUT2D eigenvalue weighted by Crippen LogP contribution is 2.36. The Hall–Kier alpha value is -2.78. The number of nitrogens with two attached hydrogens (primary N) is 1. The molecule has 2 heterocycles. The lowest BCUT2D eigenvalue weighted by molar-refractivity contribution is -0.110. The third kappa shape index (κ3) is 4.94. The summed E-state index contributed by atoms with van der Waals surface area (Å²) in [5, 5.41) is 3.96. The molecule has 4 N–H and O–H groups in total. The Bertz CT molecular complexity index is 1150.